The summed E-state index contributed by atoms with van der Waals surface area (Å²) in [6.07, 6.45) is 3.74. The molecule has 0 bridgehead atoms. The minimum Gasteiger partial charge on any atom is -0.361 e. The first kappa shape index (κ1) is 11.8. The molecule has 3 nitrogen and oxygen atoms in total. The third-order valence-electron chi connectivity index (χ3n) is 2.86. The Morgan fingerprint density at radius 2 is 1.84 bits per heavy atom. The fourth-order valence-corrected chi connectivity index (χ4v) is 2.03. The van der Waals surface area contributed by atoms with Gasteiger partial charge in [-0.05, 0) is 30.3 Å². The van der Waals surface area contributed by atoms with E-state index in [9.17, 15) is 0 Å². The number of aromatic amines is 1. The fraction of sp³-hybridized carbons (Fsp3) is 0. The van der Waals surface area contributed by atoms with Crippen LogP contribution in [-0.2, 0) is 0 Å². The smallest absolute Gasteiger partial charge is 0.0566 e. The molecule has 0 spiro atoms. The Hall–Kier alpha value is -2.26. The van der Waals surface area contributed by atoms with Crippen LogP contribution in [0, 0.1) is 0 Å². The Morgan fingerprint density at radius 1 is 1.05 bits per heavy atom. The molecule has 0 saturated carbocycles. The van der Waals surface area contributed by atoms with Gasteiger partial charge in [-0.3, -0.25) is 5.43 Å². The number of benzene rings is 2. The minimum absolute atomic E-state index is 0.714. The molecule has 0 saturated heterocycles. The largest absolute Gasteiger partial charge is 0.361 e. The van der Waals surface area contributed by atoms with Gasteiger partial charge in [-0.15, -0.1) is 0 Å². The molecule has 0 fully saturated rings. The third kappa shape index (κ3) is 2.61. The van der Waals surface area contributed by atoms with E-state index in [1.165, 1.54) is 0 Å². The molecule has 0 aliphatic carbocycles. The van der Waals surface area contributed by atoms with Gasteiger partial charge in [0.05, 0.1) is 11.9 Å². The van der Waals surface area contributed by atoms with Crippen molar-refractivity contribution in [2.45, 2.75) is 0 Å². The van der Waals surface area contributed by atoms with Crippen molar-refractivity contribution in [3.63, 3.8) is 0 Å². The Labute approximate surface area is 115 Å². The van der Waals surface area contributed by atoms with Crippen molar-refractivity contribution in [1.29, 1.82) is 0 Å². The van der Waals surface area contributed by atoms with E-state index >= 15 is 0 Å². The normalized spacial score (nSPS) is 11.2. The maximum atomic E-state index is 5.82. The lowest BCUT2D eigenvalue weighted by Gasteiger charge is -1.99. The number of nitrogens with zero attached hydrogens (tertiary/aromatic N) is 1. The summed E-state index contributed by atoms with van der Waals surface area (Å²) in [4.78, 5) is 3.21. The van der Waals surface area contributed by atoms with E-state index in [-0.39, 0.29) is 0 Å². The van der Waals surface area contributed by atoms with E-state index < -0.39 is 0 Å². The minimum atomic E-state index is 0.714. The third-order valence-corrected chi connectivity index (χ3v) is 3.11. The van der Waals surface area contributed by atoms with Crippen molar-refractivity contribution >= 4 is 34.4 Å². The summed E-state index contributed by atoms with van der Waals surface area (Å²) < 4.78 is 0. The van der Waals surface area contributed by atoms with Crippen LogP contribution in [0.25, 0.3) is 10.9 Å². The molecule has 1 aromatic heterocycles. The molecule has 94 valence electrons. The van der Waals surface area contributed by atoms with Gasteiger partial charge >= 0.3 is 0 Å². The lowest BCUT2D eigenvalue weighted by atomic mass is 10.2. The molecule has 19 heavy (non-hydrogen) atoms. The molecule has 0 aliphatic heterocycles. The molecule has 0 radical (unpaired) electrons. The van der Waals surface area contributed by atoms with Gasteiger partial charge in [0.25, 0.3) is 0 Å². The van der Waals surface area contributed by atoms with Crippen LogP contribution in [0.15, 0.2) is 59.8 Å². The number of H-pyrrole nitrogens is 1. The first-order valence-corrected chi connectivity index (χ1v) is 6.31. The summed E-state index contributed by atoms with van der Waals surface area (Å²) in [5, 5.41) is 6.10. The topological polar surface area (TPSA) is 40.2 Å². The quantitative estimate of drug-likeness (QED) is 0.541. The second-order valence-corrected chi connectivity index (χ2v) is 4.60. The molecule has 4 heteroatoms. The zero-order valence-corrected chi connectivity index (χ0v) is 10.9. The number of para-hydroxylation sites is 1. The summed E-state index contributed by atoms with van der Waals surface area (Å²) >= 11 is 5.82. The van der Waals surface area contributed by atoms with Crippen molar-refractivity contribution in [1.82, 2.24) is 4.98 Å². The van der Waals surface area contributed by atoms with Gasteiger partial charge < -0.3 is 4.98 Å². The number of rotatable bonds is 3. The van der Waals surface area contributed by atoms with E-state index in [0.717, 1.165) is 22.2 Å². The molecular formula is C15H12ClN3. The van der Waals surface area contributed by atoms with E-state index in [2.05, 4.69) is 21.6 Å². The van der Waals surface area contributed by atoms with Gasteiger partial charge in [0.2, 0.25) is 0 Å². The number of fused-ring (bicyclic) bond motifs is 1. The monoisotopic (exact) mass is 269 g/mol. The first-order chi connectivity index (χ1) is 9.33. The van der Waals surface area contributed by atoms with Crippen molar-refractivity contribution in [3.8, 4) is 0 Å². The Morgan fingerprint density at radius 3 is 2.68 bits per heavy atom. The highest BCUT2D eigenvalue weighted by atomic mass is 35.5. The average Bonchev–Trinajstić information content (AvgIpc) is 2.85. The van der Waals surface area contributed by atoms with Gasteiger partial charge in [0.15, 0.2) is 0 Å². The molecule has 0 unspecified atom stereocenters. The molecule has 3 aromatic rings. The van der Waals surface area contributed by atoms with E-state index in [1.807, 2.05) is 48.7 Å². The number of hydrogen-bond donors (Lipinski definition) is 2. The van der Waals surface area contributed by atoms with E-state index in [1.54, 1.807) is 6.21 Å². The Balaban J connectivity index is 1.77. The zero-order valence-electron chi connectivity index (χ0n) is 10.1. The van der Waals surface area contributed by atoms with Crippen LogP contribution >= 0.6 is 11.6 Å². The fourth-order valence-electron chi connectivity index (χ4n) is 1.90. The summed E-state index contributed by atoms with van der Waals surface area (Å²) in [7, 11) is 0. The highest BCUT2D eigenvalue weighted by Crippen LogP contribution is 2.16. The highest BCUT2D eigenvalue weighted by Gasteiger charge is 1.99. The predicted molar refractivity (Wildman–Crippen MR) is 81.0 cm³/mol. The number of aromatic nitrogens is 1. The van der Waals surface area contributed by atoms with Gasteiger partial charge in [-0.2, -0.15) is 5.10 Å². The summed E-state index contributed by atoms with van der Waals surface area (Å²) in [6, 6.07) is 15.5. The molecule has 0 atom stereocenters. The van der Waals surface area contributed by atoms with Crippen LogP contribution < -0.4 is 5.43 Å². The van der Waals surface area contributed by atoms with Crippen LogP contribution in [-0.4, -0.2) is 11.2 Å². The average molecular weight is 270 g/mol. The van der Waals surface area contributed by atoms with Crippen molar-refractivity contribution in [3.05, 3.63) is 65.3 Å². The second-order valence-electron chi connectivity index (χ2n) is 4.17. The predicted octanol–water partition coefficient (Wildman–Crippen LogP) is 4.27. The number of halogens is 1. The summed E-state index contributed by atoms with van der Waals surface area (Å²) in [5.74, 6) is 0. The van der Waals surface area contributed by atoms with Gasteiger partial charge in [0.1, 0.15) is 0 Å². The first-order valence-electron chi connectivity index (χ1n) is 5.94. The molecule has 2 N–H and O–H groups in total. The Kier molecular flexibility index (Phi) is 3.21. The van der Waals surface area contributed by atoms with Gasteiger partial charge in [-0.1, -0.05) is 29.8 Å². The molecule has 3 rings (SSSR count). The van der Waals surface area contributed by atoms with Crippen LogP contribution in [0.3, 0.4) is 0 Å². The number of hydrazone groups is 1. The number of nitrogens with one attached hydrogen (secondary N) is 2. The van der Waals surface area contributed by atoms with Crippen molar-refractivity contribution in [2.75, 3.05) is 5.43 Å². The molecule has 0 aliphatic rings. The van der Waals surface area contributed by atoms with Crippen LogP contribution in [0.2, 0.25) is 5.02 Å². The van der Waals surface area contributed by atoms with Crippen LogP contribution in [0.4, 0.5) is 5.69 Å². The maximum Gasteiger partial charge on any atom is 0.0566 e. The molecule has 2 aromatic carbocycles. The number of hydrogen-bond acceptors (Lipinski definition) is 2. The lowest BCUT2D eigenvalue weighted by Crippen LogP contribution is -1.89. The van der Waals surface area contributed by atoms with Crippen LogP contribution in [0.1, 0.15) is 5.56 Å². The standard InChI is InChI=1S/C15H12ClN3/c16-12-5-7-13(8-6-12)19-18-10-11-9-17-15-4-2-1-3-14(11)15/h1-10,17,19H. The summed E-state index contributed by atoms with van der Waals surface area (Å²) in [5.41, 5.74) is 6.03. The summed E-state index contributed by atoms with van der Waals surface area (Å²) in [6.45, 7) is 0. The highest BCUT2D eigenvalue weighted by molar-refractivity contribution is 6.30. The van der Waals surface area contributed by atoms with E-state index in [0.29, 0.717) is 5.02 Å². The van der Waals surface area contributed by atoms with Gasteiger partial charge in [-0.25, -0.2) is 0 Å². The molecular weight excluding hydrogens is 258 g/mol. The number of anilines is 1. The Bertz CT molecular complexity index is 714. The molecule has 0 amide bonds. The van der Waals surface area contributed by atoms with Crippen molar-refractivity contribution < 1.29 is 0 Å². The van der Waals surface area contributed by atoms with E-state index in [4.69, 9.17) is 11.6 Å². The molecule has 1 heterocycles. The SMILES string of the molecule is Clc1ccc(NN=Cc2c[nH]c3ccccc23)cc1. The van der Waals surface area contributed by atoms with Crippen molar-refractivity contribution in [2.24, 2.45) is 5.10 Å². The second kappa shape index (κ2) is 5.16. The van der Waals surface area contributed by atoms with Gasteiger partial charge in [0, 0.05) is 27.7 Å². The maximum absolute atomic E-state index is 5.82. The zero-order chi connectivity index (χ0) is 13.1. The van der Waals surface area contributed by atoms with Crippen LogP contribution in [0.5, 0.6) is 0 Å². The lowest BCUT2D eigenvalue weighted by molar-refractivity contribution is 1.35.